The van der Waals surface area contributed by atoms with Gasteiger partial charge in [-0.1, -0.05) is 15.9 Å². The van der Waals surface area contributed by atoms with Crippen LogP contribution in [0.1, 0.15) is 60.4 Å². The molecule has 1 saturated heterocycles. The molecule has 2 amide bonds. The van der Waals surface area contributed by atoms with Gasteiger partial charge in [0.05, 0.1) is 17.8 Å². The average molecular weight is 615 g/mol. The number of halogens is 4. The van der Waals surface area contributed by atoms with E-state index in [1.165, 1.54) is 17.0 Å². The molecular formula is C25H31BrF3N5O3Si. The van der Waals surface area contributed by atoms with Crippen molar-refractivity contribution in [3.63, 3.8) is 0 Å². The Morgan fingerprint density at radius 2 is 1.97 bits per heavy atom. The highest BCUT2D eigenvalue weighted by Gasteiger charge is 2.38. The Hall–Kier alpha value is -2.67. The van der Waals surface area contributed by atoms with Crippen molar-refractivity contribution in [2.45, 2.75) is 76.5 Å². The van der Waals surface area contributed by atoms with E-state index in [0.717, 1.165) is 18.5 Å². The molecule has 1 aromatic heterocycles. The minimum atomic E-state index is -4.61. The summed E-state index contributed by atoms with van der Waals surface area (Å²) in [6.07, 6.45) is -3.65. The molecule has 3 atom stereocenters. The number of anilines is 1. The number of benzene rings is 1. The summed E-state index contributed by atoms with van der Waals surface area (Å²) < 4.78 is 41.8. The number of aromatic nitrogens is 2. The van der Waals surface area contributed by atoms with Gasteiger partial charge >= 0.3 is 6.18 Å². The van der Waals surface area contributed by atoms with Crippen molar-refractivity contribution in [1.29, 1.82) is 0 Å². The molecule has 1 fully saturated rings. The monoisotopic (exact) mass is 613 g/mol. The predicted molar refractivity (Wildman–Crippen MR) is 144 cm³/mol. The van der Waals surface area contributed by atoms with E-state index in [0.29, 0.717) is 23.2 Å². The summed E-state index contributed by atoms with van der Waals surface area (Å²) in [4.78, 5) is 45.6. The molecule has 1 aromatic carbocycles. The Balaban J connectivity index is 1.69. The number of hydrogen-bond donors (Lipinski definition) is 2. The van der Waals surface area contributed by atoms with E-state index in [1.807, 2.05) is 13.8 Å². The normalized spacial score (nSPS) is 21.4. The molecule has 8 nitrogen and oxygen atoms in total. The second-order valence-electron chi connectivity index (χ2n) is 10.3. The van der Waals surface area contributed by atoms with Crippen LogP contribution < -0.4 is 16.2 Å². The number of hydrogen-bond acceptors (Lipinski definition) is 5. The first-order valence-corrected chi connectivity index (χ1v) is 15.6. The van der Waals surface area contributed by atoms with Gasteiger partial charge in [-0.3, -0.25) is 19.0 Å². The van der Waals surface area contributed by atoms with Gasteiger partial charge in [-0.15, -0.1) is 0 Å². The number of rotatable bonds is 5. The molecule has 0 spiro atoms. The standard InChI is InChI=1S/C25H31BrF3N5O3Si/c1-13(2)31-23-32-20-11-33(21(35)15-5-6-19(26)18(10-15)25(27,28)29)14(3)9-17(20)22(36)34(23)16-7-8-38(12-16)24(37)30-4/h5-6,10,13-14,16,38H,7-9,11-12H2,1-4H3,(H,30,37)(H,31,32)/t14-,16+,38+/m1/s1. The molecule has 2 aromatic rings. The zero-order valence-corrected chi connectivity index (χ0v) is 24.4. The van der Waals surface area contributed by atoms with E-state index in [2.05, 4.69) is 26.6 Å². The van der Waals surface area contributed by atoms with E-state index in [1.54, 1.807) is 18.5 Å². The Morgan fingerprint density at radius 3 is 2.61 bits per heavy atom. The lowest BCUT2D eigenvalue weighted by atomic mass is 9.98. The number of fused-ring (bicyclic) bond motifs is 1. The number of carbonyl (C=O) groups is 2. The quantitative estimate of drug-likeness (QED) is 0.483. The number of carbonyl (C=O) groups excluding carboxylic acids is 2. The predicted octanol–water partition coefficient (Wildman–Crippen LogP) is 4.52. The van der Waals surface area contributed by atoms with Crippen molar-refractivity contribution < 1.29 is 22.8 Å². The van der Waals surface area contributed by atoms with Gasteiger partial charge in [-0.25, -0.2) is 4.98 Å². The van der Waals surface area contributed by atoms with Crippen LogP contribution in [0.15, 0.2) is 27.5 Å². The van der Waals surface area contributed by atoms with Crippen LogP contribution >= 0.6 is 15.9 Å². The number of nitrogens with zero attached hydrogens (tertiary/aromatic N) is 3. The molecule has 13 heteroatoms. The molecular weight excluding hydrogens is 583 g/mol. The Labute approximate surface area is 228 Å². The maximum Gasteiger partial charge on any atom is 0.417 e. The van der Waals surface area contributed by atoms with E-state index in [9.17, 15) is 27.6 Å². The van der Waals surface area contributed by atoms with Crippen LogP contribution in [0.25, 0.3) is 0 Å². The van der Waals surface area contributed by atoms with Gasteiger partial charge < -0.3 is 15.5 Å². The fourth-order valence-electron chi connectivity index (χ4n) is 5.32. The Morgan fingerprint density at radius 1 is 1.26 bits per heavy atom. The van der Waals surface area contributed by atoms with Gasteiger partial charge in [-0.2, -0.15) is 13.2 Å². The van der Waals surface area contributed by atoms with Gasteiger partial charge in [0.25, 0.3) is 11.5 Å². The van der Waals surface area contributed by atoms with E-state index in [4.69, 9.17) is 4.98 Å². The molecule has 0 saturated carbocycles. The van der Waals surface area contributed by atoms with Crippen LogP contribution in [0.3, 0.4) is 0 Å². The van der Waals surface area contributed by atoms with Crippen molar-refractivity contribution in [1.82, 2.24) is 19.8 Å². The van der Waals surface area contributed by atoms with Crippen molar-refractivity contribution >= 4 is 42.1 Å². The van der Waals surface area contributed by atoms with Gasteiger partial charge in [0.2, 0.25) is 5.95 Å². The zero-order chi connectivity index (χ0) is 27.9. The molecule has 4 rings (SSSR count). The molecule has 2 aliphatic heterocycles. The van der Waals surface area contributed by atoms with Gasteiger partial charge in [0.1, 0.15) is 8.80 Å². The molecule has 0 unspecified atom stereocenters. The third kappa shape index (κ3) is 5.53. The molecule has 0 aliphatic carbocycles. The number of nitrogens with one attached hydrogen (secondary N) is 2. The van der Waals surface area contributed by atoms with Crippen molar-refractivity contribution in [2.75, 3.05) is 12.4 Å². The smallest absolute Gasteiger partial charge is 0.364 e. The van der Waals surface area contributed by atoms with Crippen LogP contribution in [0, 0.1) is 0 Å². The maximum absolute atomic E-state index is 13.8. The molecule has 2 aliphatic rings. The van der Waals surface area contributed by atoms with Gasteiger partial charge in [0.15, 0.2) is 5.53 Å². The lowest BCUT2D eigenvalue weighted by Gasteiger charge is -2.35. The van der Waals surface area contributed by atoms with Gasteiger partial charge in [-0.05, 0) is 63.9 Å². The van der Waals surface area contributed by atoms with Crippen LogP contribution in [0.4, 0.5) is 23.9 Å². The Bertz CT molecular complexity index is 1320. The molecule has 0 bridgehead atoms. The van der Waals surface area contributed by atoms with Crippen LogP contribution in [-0.4, -0.2) is 53.8 Å². The largest absolute Gasteiger partial charge is 0.417 e. The second-order valence-corrected chi connectivity index (χ2v) is 14.1. The van der Waals surface area contributed by atoms with Crippen LogP contribution in [0.2, 0.25) is 12.1 Å². The molecule has 206 valence electrons. The molecule has 38 heavy (non-hydrogen) atoms. The fraction of sp³-hybridized carbons (Fsp3) is 0.520. The van der Waals surface area contributed by atoms with Crippen molar-refractivity contribution in [3.05, 3.63) is 55.4 Å². The highest BCUT2D eigenvalue weighted by atomic mass is 79.9. The summed E-state index contributed by atoms with van der Waals surface area (Å²) in [5, 5.41) is 5.99. The summed E-state index contributed by atoms with van der Waals surface area (Å²) in [6.45, 7) is 5.64. The maximum atomic E-state index is 13.8. The molecule has 2 N–H and O–H groups in total. The highest BCUT2D eigenvalue weighted by Crippen LogP contribution is 2.36. The molecule has 3 heterocycles. The summed E-state index contributed by atoms with van der Waals surface area (Å²) in [7, 11) is -0.0703. The summed E-state index contributed by atoms with van der Waals surface area (Å²) >= 11 is 2.91. The van der Waals surface area contributed by atoms with Crippen molar-refractivity contribution in [2.24, 2.45) is 0 Å². The first-order chi connectivity index (χ1) is 17.8. The third-order valence-electron chi connectivity index (χ3n) is 7.23. The topological polar surface area (TPSA) is 96.3 Å². The minimum absolute atomic E-state index is 0.00981. The van der Waals surface area contributed by atoms with Crippen LogP contribution in [0.5, 0.6) is 0 Å². The van der Waals surface area contributed by atoms with E-state index >= 15 is 0 Å². The van der Waals surface area contributed by atoms with E-state index in [-0.39, 0.29) is 46.2 Å². The zero-order valence-electron chi connectivity index (χ0n) is 21.7. The lowest BCUT2D eigenvalue weighted by molar-refractivity contribution is -0.138. The summed E-state index contributed by atoms with van der Waals surface area (Å²) in [6, 6.07) is 4.32. The Kier molecular flexibility index (Phi) is 8.08. The summed E-state index contributed by atoms with van der Waals surface area (Å²) in [5.74, 6) is -0.161. The van der Waals surface area contributed by atoms with Crippen molar-refractivity contribution in [3.8, 4) is 0 Å². The lowest BCUT2D eigenvalue weighted by Crippen LogP contribution is -2.46. The van der Waals surface area contributed by atoms with Gasteiger partial charge in [0, 0.05) is 40.8 Å². The highest BCUT2D eigenvalue weighted by molar-refractivity contribution is 9.10. The number of amides is 2. The second kappa shape index (κ2) is 10.8. The molecule has 0 radical (unpaired) electrons. The number of alkyl halides is 3. The summed E-state index contributed by atoms with van der Waals surface area (Å²) in [5.41, 5.74) is -0.153. The average Bonchev–Trinajstić information content (AvgIpc) is 3.32. The first kappa shape index (κ1) is 28.3. The van der Waals surface area contributed by atoms with E-state index < -0.39 is 32.5 Å². The van der Waals surface area contributed by atoms with Crippen LogP contribution in [-0.2, 0) is 19.1 Å². The third-order valence-corrected chi connectivity index (χ3v) is 11.1. The fourth-order valence-corrected chi connectivity index (χ4v) is 8.80. The minimum Gasteiger partial charge on any atom is -0.364 e. The first-order valence-electron chi connectivity index (χ1n) is 12.6. The SMILES string of the molecule is CNC(=O)[Si@H]1CC[C@H](n2c(NC(C)C)nc3c(c2=O)C[C@@H](C)N(C(=O)c2ccc(Br)c(C(F)(F)F)c2)C3)C1.